The molecule has 0 saturated heterocycles. The van der Waals surface area contributed by atoms with Crippen LogP contribution in [0.1, 0.15) is 12.5 Å². The van der Waals surface area contributed by atoms with E-state index >= 15 is 0 Å². The predicted octanol–water partition coefficient (Wildman–Crippen LogP) is 2.19. The molecule has 0 bridgehead atoms. The fraction of sp³-hybridized carbons (Fsp3) is 0.182. The zero-order chi connectivity index (χ0) is 10.2. The normalized spacial score (nSPS) is 10.4. The fourth-order valence-electron chi connectivity index (χ4n) is 0.873. The molecule has 0 radical (unpaired) electrons. The number of benzene rings is 1. The lowest BCUT2D eigenvalue weighted by Crippen LogP contribution is -2.00. The van der Waals surface area contributed by atoms with Crippen LogP contribution >= 0.6 is 0 Å². The van der Waals surface area contributed by atoms with Gasteiger partial charge in [0.25, 0.3) is 0 Å². The van der Waals surface area contributed by atoms with Gasteiger partial charge in [0.15, 0.2) is 0 Å². The van der Waals surface area contributed by atoms with Crippen LogP contribution in [0.15, 0.2) is 36.4 Å². The van der Waals surface area contributed by atoms with E-state index < -0.39 is 5.97 Å². The highest BCUT2D eigenvalue weighted by Gasteiger charge is 1.95. The quantitative estimate of drug-likeness (QED) is 0.416. The van der Waals surface area contributed by atoms with E-state index in [9.17, 15) is 4.79 Å². The first-order chi connectivity index (χ1) is 6.83. The molecular weight excluding hydrogens is 180 g/mol. The highest BCUT2D eigenvalue weighted by atomic mass is 17.2. The van der Waals surface area contributed by atoms with E-state index in [1.165, 1.54) is 6.08 Å². The minimum atomic E-state index is -0.504. The molecule has 74 valence electrons. The molecular formula is C11H12O3. The maximum absolute atomic E-state index is 10.9. The molecule has 0 N–H and O–H groups in total. The Morgan fingerprint density at radius 2 is 2.07 bits per heavy atom. The number of hydrogen-bond donors (Lipinski definition) is 0. The lowest BCUT2D eigenvalue weighted by atomic mass is 10.2. The summed E-state index contributed by atoms with van der Waals surface area (Å²) in [6.07, 6.45) is 2.99. The molecule has 0 amide bonds. The minimum Gasteiger partial charge on any atom is -0.294 e. The monoisotopic (exact) mass is 192 g/mol. The maximum atomic E-state index is 10.9. The molecule has 0 saturated carbocycles. The van der Waals surface area contributed by atoms with Crippen molar-refractivity contribution in [3.63, 3.8) is 0 Å². The van der Waals surface area contributed by atoms with Gasteiger partial charge in [-0.2, -0.15) is 4.89 Å². The van der Waals surface area contributed by atoms with Crippen molar-refractivity contribution < 1.29 is 14.6 Å². The van der Waals surface area contributed by atoms with Crippen LogP contribution in [-0.4, -0.2) is 12.6 Å². The smallest absolute Gasteiger partial charge is 0.294 e. The molecule has 14 heavy (non-hydrogen) atoms. The van der Waals surface area contributed by atoms with Crippen LogP contribution in [0.5, 0.6) is 0 Å². The second kappa shape index (κ2) is 5.94. The van der Waals surface area contributed by atoms with Crippen molar-refractivity contribution in [1.29, 1.82) is 0 Å². The molecule has 3 heteroatoms. The van der Waals surface area contributed by atoms with Crippen LogP contribution in [0.4, 0.5) is 0 Å². The average Bonchev–Trinajstić information content (AvgIpc) is 2.25. The first-order valence-corrected chi connectivity index (χ1v) is 4.39. The first-order valence-electron chi connectivity index (χ1n) is 4.39. The summed E-state index contributed by atoms with van der Waals surface area (Å²) in [6.45, 7) is 2.10. The molecule has 0 aliphatic carbocycles. The second-order valence-corrected chi connectivity index (χ2v) is 2.55. The van der Waals surface area contributed by atoms with E-state index in [0.717, 1.165) is 5.56 Å². The van der Waals surface area contributed by atoms with E-state index in [1.54, 1.807) is 13.0 Å². The molecule has 0 spiro atoms. The van der Waals surface area contributed by atoms with Crippen molar-refractivity contribution in [2.45, 2.75) is 6.92 Å². The lowest BCUT2D eigenvalue weighted by molar-refractivity contribution is -0.264. The zero-order valence-electron chi connectivity index (χ0n) is 7.97. The van der Waals surface area contributed by atoms with Gasteiger partial charge < -0.3 is 0 Å². The van der Waals surface area contributed by atoms with E-state index in [0.29, 0.717) is 6.61 Å². The number of carbonyl (C=O) groups excluding carboxylic acids is 1. The highest BCUT2D eigenvalue weighted by Crippen LogP contribution is 2.00. The lowest BCUT2D eigenvalue weighted by Gasteiger charge is -1.95. The van der Waals surface area contributed by atoms with Crippen LogP contribution in [0.2, 0.25) is 0 Å². The summed E-state index contributed by atoms with van der Waals surface area (Å²) in [5, 5.41) is 0. The molecule has 1 aromatic rings. The summed E-state index contributed by atoms with van der Waals surface area (Å²) in [4.78, 5) is 19.8. The van der Waals surface area contributed by atoms with Gasteiger partial charge in [0.05, 0.1) is 6.61 Å². The van der Waals surface area contributed by atoms with Crippen LogP contribution in [-0.2, 0) is 14.6 Å². The standard InChI is InChI=1S/C11H12O3/c1-2-13-14-11(12)9-8-10-6-4-3-5-7-10/h3-9H,2H2,1H3/b9-8+. The number of carbonyl (C=O) groups is 1. The number of hydrogen-bond acceptors (Lipinski definition) is 3. The molecule has 0 aliphatic heterocycles. The van der Waals surface area contributed by atoms with Gasteiger partial charge >= 0.3 is 5.97 Å². The van der Waals surface area contributed by atoms with E-state index in [4.69, 9.17) is 0 Å². The third-order valence-corrected chi connectivity index (χ3v) is 1.47. The molecule has 3 nitrogen and oxygen atoms in total. The van der Waals surface area contributed by atoms with Gasteiger partial charge in [0, 0.05) is 6.08 Å². The largest absolute Gasteiger partial charge is 0.365 e. The van der Waals surface area contributed by atoms with Gasteiger partial charge in [0.2, 0.25) is 0 Å². The molecule has 1 rings (SSSR count). The van der Waals surface area contributed by atoms with Crippen molar-refractivity contribution in [2.24, 2.45) is 0 Å². The summed E-state index contributed by atoms with van der Waals surface area (Å²) in [6, 6.07) is 9.49. The van der Waals surface area contributed by atoms with Crippen molar-refractivity contribution in [3.05, 3.63) is 42.0 Å². The second-order valence-electron chi connectivity index (χ2n) is 2.55. The Morgan fingerprint density at radius 3 is 2.71 bits per heavy atom. The Morgan fingerprint density at radius 1 is 1.36 bits per heavy atom. The van der Waals surface area contributed by atoms with Gasteiger partial charge in [-0.05, 0) is 18.6 Å². The molecule has 1 aromatic carbocycles. The molecule has 0 atom stereocenters. The van der Waals surface area contributed by atoms with Gasteiger partial charge in [-0.1, -0.05) is 30.3 Å². The highest BCUT2D eigenvalue weighted by molar-refractivity contribution is 5.86. The SMILES string of the molecule is CCOOC(=O)/C=C/c1ccccc1. The van der Waals surface area contributed by atoms with Crippen LogP contribution in [0.3, 0.4) is 0 Å². The minimum absolute atomic E-state index is 0.352. The van der Waals surface area contributed by atoms with Crippen LogP contribution in [0, 0.1) is 0 Å². The number of rotatable bonds is 4. The fourth-order valence-corrected chi connectivity index (χ4v) is 0.873. The molecule has 0 aliphatic rings. The Kier molecular flexibility index (Phi) is 4.44. The van der Waals surface area contributed by atoms with E-state index in [-0.39, 0.29) is 0 Å². The average molecular weight is 192 g/mol. The van der Waals surface area contributed by atoms with Gasteiger partial charge in [-0.15, -0.1) is 0 Å². The van der Waals surface area contributed by atoms with Crippen molar-refractivity contribution in [2.75, 3.05) is 6.61 Å². The molecule has 0 unspecified atom stereocenters. The molecule has 0 fully saturated rings. The summed E-state index contributed by atoms with van der Waals surface area (Å²) < 4.78 is 0. The Bertz CT molecular complexity index is 304. The van der Waals surface area contributed by atoms with Crippen molar-refractivity contribution in [3.8, 4) is 0 Å². The molecule has 0 aromatic heterocycles. The third kappa shape index (κ3) is 3.87. The van der Waals surface area contributed by atoms with E-state index in [1.807, 2.05) is 30.3 Å². The Balaban J connectivity index is 2.44. The summed E-state index contributed by atoms with van der Waals surface area (Å²) >= 11 is 0. The van der Waals surface area contributed by atoms with Crippen LogP contribution < -0.4 is 0 Å². The Labute approximate surface area is 82.9 Å². The van der Waals surface area contributed by atoms with E-state index in [2.05, 4.69) is 9.78 Å². The first kappa shape index (κ1) is 10.5. The van der Waals surface area contributed by atoms with Crippen LogP contribution in [0.25, 0.3) is 6.08 Å². The zero-order valence-corrected chi connectivity index (χ0v) is 7.97. The van der Waals surface area contributed by atoms with Gasteiger partial charge in [-0.3, -0.25) is 4.89 Å². The topological polar surface area (TPSA) is 35.5 Å². The van der Waals surface area contributed by atoms with Crippen molar-refractivity contribution >= 4 is 12.0 Å². The summed E-state index contributed by atoms with van der Waals surface area (Å²) in [5.41, 5.74) is 0.945. The summed E-state index contributed by atoms with van der Waals surface area (Å²) in [7, 11) is 0. The van der Waals surface area contributed by atoms with Gasteiger partial charge in [0.1, 0.15) is 0 Å². The van der Waals surface area contributed by atoms with Crippen molar-refractivity contribution in [1.82, 2.24) is 0 Å². The maximum Gasteiger partial charge on any atom is 0.365 e. The van der Waals surface area contributed by atoms with Gasteiger partial charge in [-0.25, -0.2) is 4.79 Å². The predicted molar refractivity (Wildman–Crippen MR) is 53.2 cm³/mol. The summed E-state index contributed by atoms with van der Waals surface area (Å²) in [5.74, 6) is -0.504. The molecule has 0 heterocycles. The Hall–Kier alpha value is -1.61. The third-order valence-electron chi connectivity index (χ3n) is 1.47.